The molecule has 1 saturated heterocycles. The van der Waals surface area contributed by atoms with Gasteiger partial charge in [0.1, 0.15) is 12.2 Å². The van der Waals surface area contributed by atoms with E-state index >= 15 is 0 Å². The quantitative estimate of drug-likeness (QED) is 0.909. The van der Waals surface area contributed by atoms with Crippen molar-refractivity contribution in [3.8, 4) is 0 Å². The Hall–Kier alpha value is -1.36. The first kappa shape index (κ1) is 14.2. The minimum absolute atomic E-state index is 0.643. The Bertz CT molecular complexity index is 533. The summed E-state index contributed by atoms with van der Waals surface area (Å²) < 4.78 is 2.02. The zero-order valence-electron chi connectivity index (χ0n) is 13.4. The third-order valence-corrected chi connectivity index (χ3v) is 6.20. The summed E-state index contributed by atoms with van der Waals surface area (Å²) in [4.78, 5) is 6.80. The Labute approximate surface area is 132 Å². The van der Waals surface area contributed by atoms with Gasteiger partial charge in [-0.25, -0.2) is 9.67 Å². The zero-order chi connectivity index (χ0) is 15.0. The molecular weight excluding hydrogens is 274 g/mol. The molecule has 0 bridgehead atoms. The molecule has 0 atom stereocenters. The smallest absolute Gasteiger partial charge is 0.146 e. The molecule has 1 aromatic heterocycles. The lowest BCUT2D eigenvalue weighted by Gasteiger charge is -2.45. The highest BCUT2D eigenvalue weighted by Gasteiger charge is 2.37. The molecule has 4 rings (SSSR count). The molecule has 1 aliphatic carbocycles. The van der Waals surface area contributed by atoms with Gasteiger partial charge in [0.25, 0.3) is 0 Å². The molecule has 0 amide bonds. The molecule has 1 spiro atoms. The Kier molecular flexibility index (Phi) is 3.68. The van der Waals surface area contributed by atoms with Crippen molar-refractivity contribution < 1.29 is 0 Å². The number of aromatic nitrogens is 3. The van der Waals surface area contributed by atoms with E-state index in [0.29, 0.717) is 11.3 Å². The van der Waals surface area contributed by atoms with Gasteiger partial charge in [-0.1, -0.05) is 6.58 Å². The van der Waals surface area contributed by atoms with Crippen molar-refractivity contribution in [2.24, 2.45) is 11.3 Å². The predicted octanol–water partition coefficient (Wildman–Crippen LogP) is 2.17. The van der Waals surface area contributed by atoms with Crippen LogP contribution in [0.2, 0.25) is 0 Å². The van der Waals surface area contributed by atoms with E-state index in [4.69, 9.17) is 0 Å². The molecule has 0 unspecified atom stereocenters. The van der Waals surface area contributed by atoms with E-state index in [9.17, 15) is 0 Å². The average Bonchev–Trinajstić information content (AvgIpc) is 3.03. The van der Waals surface area contributed by atoms with Crippen molar-refractivity contribution in [1.82, 2.24) is 25.0 Å². The second-order valence-electron chi connectivity index (χ2n) is 7.34. The lowest BCUT2D eigenvalue weighted by atomic mass is 9.65. The van der Waals surface area contributed by atoms with Crippen LogP contribution in [0.3, 0.4) is 0 Å². The molecular formula is C17H27N5. The predicted molar refractivity (Wildman–Crippen MR) is 86.1 cm³/mol. The highest BCUT2D eigenvalue weighted by atomic mass is 15.4. The fraction of sp³-hybridized carbons (Fsp3) is 0.765. The molecule has 5 nitrogen and oxygen atoms in total. The Balaban J connectivity index is 1.36. The van der Waals surface area contributed by atoms with E-state index in [-0.39, 0.29) is 0 Å². The van der Waals surface area contributed by atoms with Gasteiger partial charge in [0.2, 0.25) is 0 Å². The molecule has 1 aromatic rings. The summed E-state index contributed by atoms with van der Waals surface area (Å²) in [7, 11) is 0. The molecule has 0 radical (unpaired) electrons. The van der Waals surface area contributed by atoms with Gasteiger partial charge in [0, 0.05) is 12.2 Å². The summed E-state index contributed by atoms with van der Waals surface area (Å²) in [6, 6.07) is 0. The fourth-order valence-corrected chi connectivity index (χ4v) is 4.59. The van der Waals surface area contributed by atoms with Crippen molar-refractivity contribution in [2.45, 2.75) is 51.6 Å². The van der Waals surface area contributed by atoms with Crippen LogP contribution in [-0.2, 0) is 13.1 Å². The van der Waals surface area contributed by atoms with Gasteiger partial charge in [0.15, 0.2) is 0 Å². The Morgan fingerprint density at radius 1 is 1.18 bits per heavy atom. The number of nitrogens with one attached hydrogen (secondary N) is 1. The normalized spacial score (nSPS) is 25.2. The Morgan fingerprint density at radius 3 is 2.73 bits per heavy atom. The number of rotatable bonds is 2. The van der Waals surface area contributed by atoms with Gasteiger partial charge in [-0.2, -0.15) is 5.10 Å². The lowest BCUT2D eigenvalue weighted by molar-refractivity contribution is 0.101. The maximum atomic E-state index is 4.45. The van der Waals surface area contributed by atoms with Crippen LogP contribution >= 0.6 is 0 Å². The molecule has 22 heavy (non-hydrogen) atoms. The second kappa shape index (κ2) is 5.69. The summed E-state index contributed by atoms with van der Waals surface area (Å²) >= 11 is 0. The number of hydrogen-bond acceptors (Lipinski definition) is 4. The zero-order valence-corrected chi connectivity index (χ0v) is 13.4. The average molecular weight is 301 g/mol. The van der Waals surface area contributed by atoms with Gasteiger partial charge in [-0.3, -0.25) is 0 Å². The van der Waals surface area contributed by atoms with Gasteiger partial charge in [-0.15, -0.1) is 0 Å². The van der Waals surface area contributed by atoms with Gasteiger partial charge in [-0.05, 0) is 62.9 Å². The van der Waals surface area contributed by atoms with Gasteiger partial charge in [0.05, 0.1) is 13.1 Å². The van der Waals surface area contributed by atoms with Crippen LogP contribution < -0.4 is 5.32 Å². The van der Waals surface area contributed by atoms with Crippen molar-refractivity contribution in [2.75, 3.05) is 19.6 Å². The highest BCUT2D eigenvalue weighted by Crippen LogP contribution is 2.47. The van der Waals surface area contributed by atoms with Crippen molar-refractivity contribution >= 4 is 0 Å². The molecule has 1 saturated carbocycles. The van der Waals surface area contributed by atoms with E-state index in [2.05, 4.69) is 26.9 Å². The van der Waals surface area contributed by atoms with Gasteiger partial charge >= 0.3 is 0 Å². The third-order valence-electron chi connectivity index (χ3n) is 6.20. The van der Waals surface area contributed by atoms with E-state index in [0.717, 1.165) is 25.5 Å². The third kappa shape index (κ3) is 2.56. The molecule has 0 aromatic carbocycles. The van der Waals surface area contributed by atoms with Crippen LogP contribution in [0.5, 0.6) is 0 Å². The summed E-state index contributed by atoms with van der Waals surface area (Å²) in [6.45, 7) is 9.73. The van der Waals surface area contributed by atoms with Crippen LogP contribution in [0.25, 0.3) is 0 Å². The largest absolute Gasteiger partial charge is 0.366 e. The SMILES string of the molecule is C=C(C1CCC2(CCNCC2)CC1)N1CCn2ncnc2C1. The van der Waals surface area contributed by atoms with Crippen molar-refractivity contribution in [1.29, 1.82) is 0 Å². The van der Waals surface area contributed by atoms with Crippen LogP contribution in [0.15, 0.2) is 18.6 Å². The van der Waals surface area contributed by atoms with Crippen LogP contribution in [-0.4, -0.2) is 39.3 Å². The minimum atomic E-state index is 0.643. The maximum absolute atomic E-state index is 4.45. The maximum Gasteiger partial charge on any atom is 0.146 e. The van der Waals surface area contributed by atoms with Crippen LogP contribution in [0.1, 0.15) is 44.3 Å². The number of piperidine rings is 1. The fourth-order valence-electron chi connectivity index (χ4n) is 4.59. The summed E-state index contributed by atoms with van der Waals surface area (Å²) in [5.74, 6) is 1.76. The molecule has 3 heterocycles. The minimum Gasteiger partial charge on any atom is -0.366 e. The van der Waals surface area contributed by atoms with Crippen LogP contribution in [0, 0.1) is 11.3 Å². The molecule has 2 aliphatic heterocycles. The van der Waals surface area contributed by atoms with Crippen LogP contribution in [0.4, 0.5) is 0 Å². The molecule has 120 valence electrons. The Morgan fingerprint density at radius 2 is 1.95 bits per heavy atom. The molecule has 1 N–H and O–H groups in total. The first-order chi connectivity index (χ1) is 10.8. The lowest BCUT2D eigenvalue weighted by Crippen LogP contribution is -2.41. The van der Waals surface area contributed by atoms with E-state index in [1.165, 1.54) is 57.3 Å². The summed E-state index contributed by atoms with van der Waals surface area (Å²) in [6.07, 6.45) is 9.84. The number of allylic oxidation sites excluding steroid dienone is 1. The summed E-state index contributed by atoms with van der Waals surface area (Å²) in [5, 5.41) is 7.77. The molecule has 2 fully saturated rings. The first-order valence-corrected chi connectivity index (χ1v) is 8.77. The second-order valence-corrected chi connectivity index (χ2v) is 7.34. The molecule has 5 heteroatoms. The van der Waals surface area contributed by atoms with E-state index in [1.54, 1.807) is 6.33 Å². The van der Waals surface area contributed by atoms with Gasteiger partial charge < -0.3 is 10.2 Å². The van der Waals surface area contributed by atoms with Crippen molar-refractivity contribution in [3.05, 3.63) is 24.4 Å². The first-order valence-electron chi connectivity index (χ1n) is 8.77. The van der Waals surface area contributed by atoms with E-state index < -0.39 is 0 Å². The number of nitrogens with zero attached hydrogens (tertiary/aromatic N) is 4. The van der Waals surface area contributed by atoms with E-state index in [1.807, 2.05) is 4.68 Å². The summed E-state index contributed by atoms with van der Waals surface area (Å²) in [5.41, 5.74) is 1.99. The number of hydrogen-bond donors (Lipinski definition) is 1. The topological polar surface area (TPSA) is 46.0 Å². The monoisotopic (exact) mass is 301 g/mol. The number of fused-ring (bicyclic) bond motifs is 1. The van der Waals surface area contributed by atoms with Crippen molar-refractivity contribution in [3.63, 3.8) is 0 Å². The molecule has 3 aliphatic rings. The standard InChI is InChI=1S/C17H27N5/c1-14(21-10-11-22-16(12-21)19-13-20-22)15-2-4-17(5-3-15)6-8-18-9-7-17/h13,15,18H,1-12H2. The highest BCUT2D eigenvalue weighted by molar-refractivity contribution is 5.06.